The van der Waals surface area contributed by atoms with E-state index in [-0.39, 0.29) is 13.2 Å². The van der Waals surface area contributed by atoms with Crippen molar-refractivity contribution in [2.24, 2.45) is 0 Å². The normalized spacial score (nSPS) is 11.8. The number of esters is 2. The highest BCUT2D eigenvalue weighted by molar-refractivity contribution is 6.03. The first-order chi connectivity index (χ1) is 13.4. The molecule has 150 valence electrons. The average molecular weight is 387 g/mol. The molecular formula is C21H25NO6. The third kappa shape index (κ3) is 5.00. The van der Waals surface area contributed by atoms with Gasteiger partial charge in [-0.1, -0.05) is 24.3 Å². The van der Waals surface area contributed by atoms with Crippen LogP contribution in [0.4, 0.5) is 0 Å². The summed E-state index contributed by atoms with van der Waals surface area (Å²) in [7, 11) is 1.60. The molecule has 0 unspecified atom stereocenters. The van der Waals surface area contributed by atoms with Crippen LogP contribution in [0.2, 0.25) is 0 Å². The SMILES string of the molecule is CCOC(=O)C(NC(=O)[C@@H](C)c1ccc2cc(OC)ccc2c1)C(=O)OCC. The van der Waals surface area contributed by atoms with Gasteiger partial charge in [0.05, 0.1) is 26.2 Å². The topological polar surface area (TPSA) is 90.9 Å². The van der Waals surface area contributed by atoms with Crippen LogP contribution in [0.15, 0.2) is 36.4 Å². The van der Waals surface area contributed by atoms with Crippen molar-refractivity contribution in [3.05, 3.63) is 42.0 Å². The highest BCUT2D eigenvalue weighted by Gasteiger charge is 2.32. The maximum atomic E-state index is 12.7. The van der Waals surface area contributed by atoms with Crippen LogP contribution in [0.25, 0.3) is 10.8 Å². The van der Waals surface area contributed by atoms with E-state index in [0.717, 1.165) is 22.1 Å². The zero-order chi connectivity index (χ0) is 20.7. The van der Waals surface area contributed by atoms with E-state index in [4.69, 9.17) is 14.2 Å². The first-order valence-electron chi connectivity index (χ1n) is 9.12. The Bertz CT molecular complexity index is 845. The summed E-state index contributed by atoms with van der Waals surface area (Å²) in [5.41, 5.74) is 0.752. The second kappa shape index (κ2) is 9.73. The average Bonchev–Trinajstić information content (AvgIpc) is 2.70. The van der Waals surface area contributed by atoms with Crippen LogP contribution in [-0.2, 0) is 23.9 Å². The van der Waals surface area contributed by atoms with E-state index in [9.17, 15) is 14.4 Å². The predicted octanol–water partition coefficient (Wildman–Crippen LogP) is 2.56. The smallest absolute Gasteiger partial charge is 0.340 e. The van der Waals surface area contributed by atoms with Crippen molar-refractivity contribution in [1.82, 2.24) is 5.32 Å². The Morgan fingerprint density at radius 2 is 1.50 bits per heavy atom. The highest BCUT2D eigenvalue weighted by atomic mass is 16.6. The van der Waals surface area contributed by atoms with E-state index in [2.05, 4.69) is 5.32 Å². The van der Waals surface area contributed by atoms with Gasteiger partial charge in [-0.25, -0.2) is 9.59 Å². The lowest BCUT2D eigenvalue weighted by Crippen LogP contribution is -2.49. The molecular weight excluding hydrogens is 362 g/mol. The Balaban J connectivity index is 2.20. The summed E-state index contributed by atoms with van der Waals surface area (Å²) in [6, 6.07) is 9.78. The summed E-state index contributed by atoms with van der Waals surface area (Å²) in [5, 5.41) is 4.37. The quantitative estimate of drug-likeness (QED) is 0.553. The molecule has 7 nitrogen and oxygen atoms in total. The zero-order valence-corrected chi connectivity index (χ0v) is 16.5. The van der Waals surface area contributed by atoms with E-state index < -0.39 is 29.8 Å². The predicted molar refractivity (Wildman–Crippen MR) is 104 cm³/mol. The zero-order valence-electron chi connectivity index (χ0n) is 16.5. The van der Waals surface area contributed by atoms with Gasteiger partial charge < -0.3 is 19.5 Å². The van der Waals surface area contributed by atoms with Crippen LogP contribution >= 0.6 is 0 Å². The third-order valence-corrected chi connectivity index (χ3v) is 4.30. The number of nitrogens with one attached hydrogen (secondary N) is 1. The molecule has 0 aromatic heterocycles. The number of amides is 1. The summed E-state index contributed by atoms with van der Waals surface area (Å²) in [4.78, 5) is 36.7. The molecule has 0 saturated carbocycles. The van der Waals surface area contributed by atoms with Crippen LogP contribution in [0, 0.1) is 0 Å². The molecule has 1 atom stereocenters. The summed E-state index contributed by atoms with van der Waals surface area (Å²) in [6.07, 6.45) is 0. The van der Waals surface area contributed by atoms with E-state index >= 15 is 0 Å². The molecule has 1 N–H and O–H groups in total. The molecule has 0 aliphatic carbocycles. The number of methoxy groups -OCH3 is 1. The summed E-state index contributed by atoms with van der Waals surface area (Å²) in [5.74, 6) is -1.99. The lowest BCUT2D eigenvalue weighted by atomic mass is 9.96. The third-order valence-electron chi connectivity index (χ3n) is 4.30. The van der Waals surface area contributed by atoms with Gasteiger partial charge >= 0.3 is 11.9 Å². The standard InChI is InChI=1S/C21H25NO6/c1-5-27-20(24)18(21(25)28-6-2)22-19(23)13(3)14-7-8-16-12-17(26-4)10-9-15(16)11-14/h7-13,18H,5-6H2,1-4H3,(H,22,23)/t13-/m0/s1. The molecule has 0 heterocycles. The van der Waals surface area contributed by atoms with Gasteiger partial charge in [0.15, 0.2) is 0 Å². The Morgan fingerprint density at radius 3 is 2.07 bits per heavy atom. The first kappa shape index (κ1) is 21.2. The molecule has 2 aromatic rings. The van der Waals surface area contributed by atoms with Gasteiger partial charge in [0.2, 0.25) is 11.9 Å². The number of fused-ring (bicyclic) bond motifs is 1. The molecule has 0 saturated heterocycles. The summed E-state index contributed by atoms with van der Waals surface area (Å²) in [6.45, 7) is 5.12. The van der Waals surface area contributed by atoms with Gasteiger partial charge in [-0.3, -0.25) is 4.79 Å². The Hall–Kier alpha value is -3.09. The molecule has 2 aromatic carbocycles. The minimum Gasteiger partial charge on any atom is -0.497 e. The Kier molecular flexibility index (Phi) is 7.37. The fraction of sp³-hybridized carbons (Fsp3) is 0.381. The molecule has 7 heteroatoms. The molecule has 2 rings (SSSR count). The van der Waals surface area contributed by atoms with Crippen molar-refractivity contribution in [3.8, 4) is 5.75 Å². The van der Waals surface area contributed by atoms with E-state index in [1.807, 2.05) is 36.4 Å². The summed E-state index contributed by atoms with van der Waals surface area (Å²) < 4.78 is 15.0. The Morgan fingerprint density at radius 1 is 0.929 bits per heavy atom. The second-order valence-electron chi connectivity index (χ2n) is 6.14. The first-order valence-corrected chi connectivity index (χ1v) is 9.12. The van der Waals surface area contributed by atoms with Gasteiger partial charge in [-0.2, -0.15) is 0 Å². The molecule has 28 heavy (non-hydrogen) atoms. The van der Waals surface area contributed by atoms with Crippen LogP contribution in [-0.4, -0.2) is 44.2 Å². The monoisotopic (exact) mass is 387 g/mol. The summed E-state index contributed by atoms with van der Waals surface area (Å²) >= 11 is 0. The number of hydrogen-bond donors (Lipinski definition) is 1. The van der Waals surface area contributed by atoms with Crippen LogP contribution in [0.1, 0.15) is 32.3 Å². The van der Waals surface area contributed by atoms with Gasteiger partial charge in [0.25, 0.3) is 0 Å². The molecule has 0 aliphatic rings. The number of rotatable bonds is 8. The molecule has 0 fully saturated rings. The van der Waals surface area contributed by atoms with Gasteiger partial charge in [-0.15, -0.1) is 0 Å². The number of benzene rings is 2. The second-order valence-corrected chi connectivity index (χ2v) is 6.14. The van der Waals surface area contributed by atoms with Crippen LogP contribution in [0.5, 0.6) is 5.75 Å². The van der Waals surface area contributed by atoms with Crippen molar-refractivity contribution in [1.29, 1.82) is 0 Å². The number of ether oxygens (including phenoxy) is 3. The molecule has 0 aliphatic heterocycles. The largest absolute Gasteiger partial charge is 0.497 e. The fourth-order valence-electron chi connectivity index (χ4n) is 2.72. The van der Waals surface area contributed by atoms with E-state index in [1.165, 1.54) is 0 Å². The number of hydrogen-bond acceptors (Lipinski definition) is 6. The Labute approximate surface area is 164 Å². The van der Waals surface area contributed by atoms with Gasteiger partial charge in [0.1, 0.15) is 5.75 Å². The van der Waals surface area contributed by atoms with Crippen molar-refractivity contribution < 1.29 is 28.6 Å². The highest BCUT2D eigenvalue weighted by Crippen LogP contribution is 2.25. The minimum atomic E-state index is -1.49. The molecule has 0 radical (unpaired) electrons. The lowest BCUT2D eigenvalue weighted by molar-refractivity contribution is -0.159. The van der Waals surface area contributed by atoms with Crippen molar-refractivity contribution in [3.63, 3.8) is 0 Å². The van der Waals surface area contributed by atoms with E-state index in [1.54, 1.807) is 27.9 Å². The minimum absolute atomic E-state index is 0.0916. The molecule has 1 amide bonds. The van der Waals surface area contributed by atoms with Crippen LogP contribution < -0.4 is 10.1 Å². The fourth-order valence-corrected chi connectivity index (χ4v) is 2.72. The number of carbonyl (C=O) groups is 3. The van der Waals surface area contributed by atoms with Gasteiger partial charge in [0, 0.05) is 0 Å². The van der Waals surface area contributed by atoms with Crippen LogP contribution in [0.3, 0.4) is 0 Å². The van der Waals surface area contributed by atoms with Crippen molar-refractivity contribution >= 4 is 28.6 Å². The molecule has 0 bridgehead atoms. The van der Waals surface area contributed by atoms with Crippen molar-refractivity contribution in [2.75, 3.05) is 20.3 Å². The molecule has 0 spiro atoms. The number of carbonyl (C=O) groups excluding carboxylic acids is 3. The van der Waals surface area contributed by atoms with Crippen molar-refractivity contribution in [2.45, 2.75) is 32.7 Å². The van der Waals surface area contributed by atoms with Gasteiger partial charge in [-0.05, 0) is 49.2 Å². The maximum Gasteiger partial charge on any atom is 0.340 e. The van der Waals surface area contributed by atoms with E-state index in [0.29, 0.717) is 0 Å². The lowest BCUT2D eigenvalue weighted by Gasteiger charge is -2.19. The maximum absolute atomic E-state index is 12.7.